The van der Waals surface area contributed by atoms with Crippen molar-refractivity contribution < 1.29 is 17.9 Å². The van der Waals surface area contributed by atoms with Gasteiger partial charge in [-0.2, -0.15) is 0 Å². The number of ether oxygens (including phenoxy) is 1. The van der Waals surface area contributed by atoms with E-state index in [0.29, 0.717) is 11.1 Å². The number of benzene rings is 1. The standard InChI is InChI=1S/C14H18ClNO4S/c1-9-8-11(21(15,18)19)5-6-12(9)14(17)16-10(2)13-4-3-7-20-13/h5-6,8,10,13H,3-4,7H2,1-2H3,(H,16,17). The molecule has 1 aliphatic heterocycles. The Morgan fingerprint density at radius 2 is 2.19 bits per heavy atom. The van der Waals surface area contributed by atoms with Gasteiger partial charge >= 0.3 is 0 Å². The lowest BCUT2D eigenvalue weighted by Crippen LogP contribution is -2.41. The van der Waals surface area contributed by atoms with Gasteiger partial charge in [-0.3, -0.25) is 4.79 Å². The van der Waals surface area contributed by atoms with Crippen LogP contribution < -0.4 is 5.32 Å². The summed E-state index contributed by atoms with van der Waals surface area (Å²) in [5.74, 6) is -0.242. The first-order chi connectivity index (χ1) is 9.79. The van der Waals surface area contributed by atoms with E-state index >= 15 is 0 Å². The van der Waals surface area contributed by atoms with E-state index in [9.17, 15) is 13.2 Å². The van der Waals surface area contributed by atoms with Crippen LogP contribution in [0.15, 0.2) is 23.1 Å². The summed E-state index contributed by atoms with van der Waals surface area (Å²) in [6.07, 6.45) is 1.98. The molecule has 0 saturated carbocycles. The summed E-state index contributed by atoms with van der Waals surface area (Å²) in [6.45, 7) is 4.31. The zero-order chi connectivity index (χ0) is 15.6. The number of hydrogen-bond acceptors (Lipinski definition) is 4. The van der Waals surface area contributed by atoms with Crippen LogP contribution in [-0.4, -0.2) is 33.1 Å². The number of halogens is 1. The SMILES string of the molecule is Cc1cc(S(=O)(=O)Cl)ccc1C(=O)NC(C)C1CCCO1. The molecule has 1 heterocycles. The summed E-state index contributed by atoms with van der Waals surface area (Å²) in [6, 6.07) is 4.12. The lowest BCUT2D eigenvalue weighted by atomic mass is 10.1. The van der Waals surface area contributed by atoms with Crippen molar-refractivity contribution in [3.8, 4) is 0 Å². The van der Waals surface area contributed by atoms with Crippen molar-refractivity contribution in [2.75, 3.05) is 6.61 Å². The first-order valence-electron chi connectivity index (χ1n) is 6.77. The highest BCUT2D eigenvalue weighted by Crippen LogP contribution is 2.20. The summed E-state index contributed by atoms with van der Waals surface area (Å²) >= 11 is 0. The first-order valence-corrected chi connectivity index (χ1v) is 9.08. The van der Waals surface area contributed by atoms with Crippen LogP contribution >= 0.6 is 10.7 Å². The molecule has 1 fully saturated rings. The lowest BCUT2D eigenvalue weighted by molar-refractivity contribution is 0.0712. The zero-order valence-electron chi connectivity index (χ0n) is 11.9. The summed E-state index contributed by atoms with van der Waals surface area (Å²) in [5.41, 5.74) is 0.998. The molecule has 116 valence electrons. The van der Waals surface area contributed by atoms with E-state index in [1.165, 1.54) is 18.2 Å². The van der Waals surface area contributed by atoms with Crippen molar-refractivity contribution in [1.29, 1.82) is 0 Å². The average Bonchev–Trinajstić information content (AvgIpc) is 2.91. The summed E-state index contributed by atoms with van der Waals surface area (Å²) in [4.78, 5) is 12.2. The van der Waals surface area contributed by atoms with E-state index in [2.05, 4.69) is 5.32 Å². The minimum Gasteiger partial charge on any atom is -0.376 e. The van der Waals surface area contributed by atoms with Gasteiger partial charge in [0.2, 0.25) is 0 Å². The normalized spacial score (nSPS) is 20.2. The Morgan fingerprint density at radius 3 is 2.71 bits per heavy atom. The quantitative estimate of drug-likeness (QED) is 0.859. The minimum absolute atomic E-state index is 0.00890. The van der Waals surface area contributed by atoms with E-state index < -0.39 is 9.05 Å². The molecule has 1 aromatic rings. The Kier molecular flexibility index (Phi) is 4.91. The predicted molar refractivity (Wildman–Crippen MR) is 80.1 cm³/mol. The predicted octanol–water partition coefficient (Wildman–Crippen LogP) is 2.22. The van der Waals surface area contributed by atoms with Gasteiger partial charge in [-0.1, -0.05) is 0 Å². The van der Waals surface area contributed by atoms with Gasteiger partial charge in [0.1, 0.15) is 0 Å². The van der Waals surface area contributed by atoms with Crippen LogP contribution in [-0.2, 0) is 13.8 Å². The highest BCUT2D eigenvalue weighted by Gasteiger charge is 2.24. The molecule has 7 heteroatoms. The maximum absolute atomic E-state index is 12.2. The zero-order valence-corrected chi connectivity index (χ0v) is 13.5. The van der Waals surface area contributed by atoms with E-state index in [1.807, 2.05) is 6.92 Å². The highest BCUT2D eigenvalue weighted by atomic mass is 35.7. The largest absolute Gasteiger partial charge is 0.376 e. The average molecular weight is 332 g/mol. The van der Waals surface area contributed by atoms with Crippen molar-refractivity contribution in [2.24, 2.45) is 0 Å². The molecule has 0 radical (unpaired) electrons. The van der Waals surface area contributed by atoms with Crippen LogP contribution in [0.1, 0.15) is 35.7 Å². The second kappa shape index (κ2) is 6.34. The molecule has 5 nitrogen and oxygen atoms in total. The van der Waals surface area contributed by atoms with E-state index in [-0.39, 0.29) is 22.9 Å². The number of aryl methyl sites for hydroxylation is 1. The molecule has 0 aromatic heterocycles. The van der Waals surface area contributed by atoms with E-state index in [1.54, 1.807) is 6.92 Å². The van der Waals surface area contributed by atoms with Crippen molar-refractivity contribution in [3.63, 3.8) is 0 Å². The van der Waals surface area contributed by atoms with E-state index in [4.69, 9.17) is 15.4 Å². The molecule has 1 amide bonds. The fraction of sp³-hybridized carbons (Fsp3) is 0.500. The maximum Gasteiger partial charge on any atom is 0.261 e. The van der Waals surface area contributed by atoms with Gasteiger partial charge in [-0.15, -0.1) is 0 Å². The van der Waals surface area contributed by atoms with Gasteiger partial charge in [-0.25, -0.2) is 8.42 Å². The van der Waals surface area contributed by atoms with Gasteiger partial charge in [0.05, 0.1) is 17.0 Å². The second-order valence-electron chi connectivity index (χ2n) is 5.23. The monoisotopic (exact) mass is 331 g/mol. The fourth-order valence-corrected chi connectivity index (χ4v) is 3.25. The molecule has 2 unspecified atom stereocenters. The molecule has 1 aliphatic rings. The molecule has 2 rings (SSSR count). The maximum atomic E-state index is 12.2. The second-order valence-corrected chi connectivity index (χ2v) is 7.79. The first kappa shape index (κ1) is 16.3. The summed E-state index contributed by atoms with van der Waals surface area (Å²) in [7, 11) is 1.50. The number of carbonyl (C=O) groups is 1. The van der Waals surface area contributed by atoms with Crippen molar-refractivity contribution in [3.05, 3.63) is 29.3 Å². The Morgan fingerprint density at radius 1 is 1.48 bits per heavy atom. The van der Waals surface area contributed by atoms with Gasteiger partial charge in [-0.05, 0) is 50.5 Å². The Labute approximate surface area is 129 Å². The molecule has 2 atom stereocenters. The number of carbonyl (C=O) groups excluding carboxylic acids is 1. The van der Waals surface area contributed by atoms with E-state index in [0.717, 1.165) is 19.4 Å². The molecule has 21 heavy (non-hydrogen) atoms. The van der Waals surface area contributed by atoms with Crippen LogP contribution in [0.4, 0.5) is 0 Å². The highest BCUT2D eigenvalue weighted by molar-refractivity contribution is 8.13. The molecule has 1 N–H and O–H groups in total. The van der Waals surface area contributed by atoms with Crippen LogP contribution in [0.25, 0.3) is 0 Å². The van der Waals surface area contributed by atoms with Crippen LogP contribution in [0, 0.1) is 6.92 Å². The summed E-state index contributed by atoms with van der Waals surface area (Å²) < 4.78 is 28.1. The lowest BCUT2D eigenvalue weighted by Gasteiger charge is -2.20. The molecule has 1 aromatic carbocycles. The van der Waals surface area contributed by atoms with Crippen molar-refractivity contribution in [1.82, 2.24) is 5.32 Å². The van der Waals surface area contributed by atoms with Gasteiger partial charge in [0, 0.05) is 22.9 Å². The Bertz CT molecular complexity index is 638. The Balaban J connectivity index is 2.12. The van der Waals surface area contributed by atoms with Crippen molar-refractivity contribution >= 4 is 25.6 Å². The summed E-state index contributed by atoms with van der Waals surface area (Å²) in [5, 5.41) is 2.89. The third-order valence-corrected chi connectivity index (χ3v) is 4.96. The van der Waals surface area contributed by atoms with Gasteiger partial charge in [0.25, 0.3) is 15.0 Å². The van der Waals surface area contributed by atoms with Crippen LogP contribution in [0.2, 0.25) is 0 Å². The molecule has 0 spiro atoms. The third kappa shape index (κ3) is 3.96. The number of hydrogen-bond donors (Lipinski definition) is 1. The fourth-order valence-electron chi connectivity index (χ4n) is 2.42. The number of rotatable bonds is 4. The molecular weight excluding hydrogens is 314 g/mol. The number of amides is 1. The van der Waals surface area contributed by atoms with Crippen LogP contribution in [0.5, 0.6) is 0 Å². The van der Waals surface area contributed by atoms with Gasteiger partial charge in [0.15, 0.2) is 0 Å². The van der Waals surface area contributed by atoms with Crippen LogP contribution in [0.3, 0.4) is 0 Å². The molecule has 0 aliphatic carbocycles. The topological polar surface area (TPSA) is 72.5 Å². The van der Waals surface area contributed by atoms with Crippen molar-refractivity contribution in [2.45, 2.75) is 43.7 Å². The minimum atomic E-state index is -3.78. The van der Waals surface area contributed by atoms with Gasteiger partial charge < -0.3 is 10.1 Å². The Hall–Kier alpha value is -1.11. The number of nitrogens with one attached hydrogen (secondary N) is 1. The third-order valence-electron chi connectivity index (χ3n) is 3.61. The molecule has 1 saturated heterocycles. The smallest absolute Gasteiger partial charge is 0.261 e. The molecule has 0 bridgehead atoms. The molecular formula is C14H18ClNO4S.